The molecule has 1 amide bonds. The molecule has 0 saturated carbocycles. The van der Waals surface area contributed by atoms with Crippen LogP contribution in [0.25, 0.3) is 16.5 Å². The molecule has 2 N–H and O–H groups in total. The van der Waals surface area contributed by atoms with Crippen molar-refractivity contribution < 1.29 is 19.4 Å². The van der Waals surface area contributed by atoms with Crippen LogP contribution in [-0.2, 0) is 16.1 Å². The van der Waals surface area contributed by atoms with Crippen molar-refractivity contribution in [3.63, 3.8) is 0 Å². The molecule has 0 fully saturated rings. The number of rotatable bonds is 10. The maximum atomic E-state index is 12.6. The highest BCUT2D eigenvalue weighted by Gasteiger charge is 2.08. The molecule has 6 nitrogen and oxygen atoms in total. The zero-order valence-corrected chi connectivity index (χ0v) is 17.9. The third-order valence-corrected chi connectivity index (χ3v) is 4.98. The Labute approximate surface area is 182 Å². The molecule has 3 rings (SSSR count). The van der Waals surface area contributed by atoms with Gasteiger partial charge in [-0.05, 0) is 61.2 Å². The molecule has 0 saturated heterocycles. The van der Waals surface area contributed by atoms with Crippen LogP contribution >= 0.6 is 0 Å². The normalized spacial score (nSPS) is 11.5. The van der Waals surface area contributed by atoms with Gasteiger partial charge in [0.05, 0.1) is 12.3 Å². The van der Waals surface area contributed by atoms with Crippen molar-refractivity contribution in [1.82, 2.24) is 4.57 Å². The molecular weight excluding hydrogens is 392 g/mol. The largest absolute Gasteiger partial charge is 0.491 e. The van der Waals surface area contributed by atoms with E-state index in [-0.39, 0.29) is 18.9 Å². The molecule has 1 aromatic heterocycles. The Morgan fingerprint density at radius 2 is 1.97 bits per heavy atom. The number of carboxylic acids is 1. The van der Waals surface area contributed by atoms with Gasteiger partial charge in [-0.25, -0.2) is 0 Å². The van der Waals surface area contributed by atoms with Gasteiger partial charge in [-0.3, -0.25) is 9.59 Å². The number of nitrogens with zero attached hydrogens (tertiary/aromatic N) is 1. The fourth-order valence-electron chi connectivity index (χ4n) is 3.43. The third-order valence-electron chi connectivity index (χ3n) is 4.98. The quantitative estimate of drug-likeness (QED) is 0.343. The minimum atomic E-state index is -0.856. The minimum absolute atomic E-state index is 0.0443. The number of aryl methyl sites for hydroxylation is 1. The predicted molar refractivity (Wildman–Crippen MR) is 123 cm³/mol. The molecule has 0 bridgehead atoms. The van der Waals surface area contributed by atoms with E-state index in [1.807, 2.05) is 25.1 Å². The molecule has 0 atom stereocenters. The summed E-state index contributed by atoms with van der Waals surface area (Å²) in [6.07, 6.45) is 5.19. The van der Waals surface area contributed by atoms with Gasteiger partial charge in [0.25, 0.3) is 0 Å². The monoisotopic (exact) mass is 420 g/mol. The van der Waals surface area contributed by atoms with Crippen molar-refractivity contribution in [2.45, 2.75) is 39.7 Å². The smallest absolute Gasteiger partial charge is 0.303 e. The van der Waals surface area contributed by atoms with Crippen molar-refractivity contribution in [2.24, 2.45) is 0 Å². The first-order valence-electron chi connectivity index (χ1n) is 10.5. The Balaban J connectivity index is 1.68. The molecule has 3 aromatic rings. The van der Waals surface area contributed by atoms with E-state index >= 15 is 0 Å². The Morgan fingerprint density at radius 1 is 1.16 bits per heavy atom. The maximum absolute atomic E-state index is 12.6. The lowest BCUT2D eigenvalue weighted by Crippen LogP contribution is -2.11. The Hall–Kier alpha value is -3.54. The number of amides is 1. The van der Waals surface area contributed by atoms with Gasteiger partial charge in [0.1, 0.15) is 5.75 Å². The van der Waals surface area contributed by atoms with Crippen LogP contribution in [0.5, 0.6) is 5.75 Å². The molecule has 0 unspecified atom stereocenters. The number of benzene rings is 2. The van der Waals surface area contributed by atoms with Crippen LogP contribution in [0.2, 0.25) is 0 Å². The van der Waals surface area contributed by atoms with Crippen LogP contribution < -0.4 is 10.1 Å². The molecule has 1 heterocycles. The fourth-order valence-corrected chi connectivity index (χ4v) is 3.43. The van der Waals surface area contributed by atoms with E-state index in [1.54, 1.807) is 18.2 Å². The number of hydrogen-bond acceptors (Lipinski definition) is 3. The van der Waals surface area contributed by atoms with Crippen LogP contribution in [0.15, 0.2) is 60.8 Å². The average molecular weight is 421 g/mol. The Morgan fingerprint density at radius 3 is 2.74 bits per heavy atom. The van der Waals surface area contributed by atoms with Gasteiger partial charge in [-0.2, -0.15) is 0 Å². The first kappa shape index (κ1) is 22.2. The summed E-state index contributed by atoms with van der Waals surface area (Å²) in [6.45, 7) is 5.33. The van der Waals surface area contributed by atoms with E-state index in [9.17, 15) is 9.59 Å². The molecule has 6 heteroatoms. The highest BCUT2D eigenvalue weighted by atomic mass is 16.5. The van der Waals surface area contributed by atoms with Crippen LogP contribution in [0.4, 0.5) is 5.69 Å². The number of anilines is 1. The zero-order valence-electron chi connectivity index (χ0n) is 17.9. The number of carbonyl (C=O) groups excluding carboxylic acids is 1. The van der Waals surface area contributed by atoms with Crippen LogP contribution in [-0.4, -0.2) is 28.2 Å². The summed E-state index contributed by atoms with van der Waals surface area (Å²) >= 11 is 0. The standard InChI is InChI=1S/C25H28N2O4/c1-3-13-27-14-12-20-17-19(10-11-22(20)27)18(2)16-24(28)26-21-7-4-5-8-23(21)31-15-6-9-25(29)30/h4-5,7-8,10-12,14,16-17H,3,6,9,13,15H2,1-2H3,(H,26,28)(H,29,30). The number of para-hydroxylation sites is 2. The van der Waals surface area contributed by atoms with E-state index in [1.165, 1.54) is 5.52 Å². The first-order valence-corrected chi connectivity index (χ1v) is 10.5. The third kappa shape index (κ3) is 5.98. The number of allylic oxidation sites excluding steroid dienone is 1. The van der Waals surface area contributed by atoms with Gasteiger partial charge in [0.15, 0.2) is 0 Å². The summed E-state index contributed by atoms with van der Waals surface area (Å²) in [5.74, 6) is -0.584. The van der Waals surface area contributed by atoms with Gasteiger partial charge >= 0.3 is 5.97 Å². The van der Waals surface area contributed by atoms with Crippen molar-refractivity contribution in [2.75, 3.05) is 11.9 Å². The molecule has 2 aromatic carbocycles. The molecular formula is C25H28N2O4. The lowest BCUT2D eigenvalue weighted by Gasteiger charge is -2.11. The topological polar surface area (TPSA) is 80.6 Å². The summed E-state index contributed by atoms with van der Waals surface area (Å²) in [5, 5.41) is 12.7. The van der Waals surface area contributed by atoms with E-state index in [4.69, 9.17) is 9.84 Å². The highest BCUT2D eigenvalue weighted by Crippen LogP contribution is 2.25. The van der Waals surface area contributed by atoms with Crippen molar-refractivity contribution >= 4 is 34.0 Å². The second-order valence-corrected chi connectivity index (χ2v) is 7.44. The van der Waals surface area contributed by atoms with E-state index in [0.29, 0.717) is 17.9 Å². The summed E-state index contributed by atoms with van der Waals surface area (Å²) in [7, 11) is 0. The lowest BCUT2D eigenvalue weighted by molar-refractivity contribution is -0.137. The summed E-state index contributed by atoms with van der Waals surface area (Å²) < 4.78 is 7.88. The lowest BCUT2D eigenvalue weighted by atomic mass is 10.0. The molecule has 0 aliphatic carbocycles. The SMILES string of the molecule is CCCn1ccc2cc(C(C)=CC(=O)Nc3ccccc3OCCCC(=O)O)ccc21. The number of nitrogens with one attached hydrogen (secondary N) is 1. The van der Waals surface area contributed by atoms with Crippen LogP contribution in [0.3, 0.4) is 0 Å². The minimum Gasteiger partial charge on any atom is -0.491 e. The summed E-state index contributed by atoms with van der Waals surface area (Å²) in [5.41, 5.74) is 3.60. The fraction of sp³-hybridized carbons (Fsp3) is 0.280. The van der Waals surface area contributed by atoms with Gasteiger partial charge in [-0.1, -0.05) is 25.1 Å². The van der Waals surface area contributed by atoms with E-state index in [0.717, 1.165) is 29.5 Å². The van der Waals surface area contributed by atoms with Gasteiger partial charge in [-0.15, -0.1) is 0 Å². The number of aromatic nitrogens is 1. The first-order chi connectivity index (χ1) is 15.0. The number of carboxylic acid groups (broad SMARTS) is 1. The second-order valence-electron chi connectivity index (χ2n) is 7.44. The van der Waals surface area contributed by atoms with Crippen molar-refractivity contribution in [3.05, 3.63) is 66.4 Å². The molecule has 162 valence electrons. The van der Waals surface area contributed by atoms with E-state index < -0.39 is 5.97 Å². The Bertz CT molecular complexity index is 1100. The summed E-state index contributed by atoms with van der Waals surface area (Å²) in [4.78, 5) is 23.2. The van der Waals surface area contributed by atoms with E-state index in [2.05, 4.69) is 41.2 Å². The number of carbonyl (C=O) groups is 2. The van der Waals surface area contributed by atoms with Crippen molar-refractivity contribution in [1.29, 1.82) is 0 Å². The molecule has 0 radical (unpaired) electrons. The molecule has 0 aliphatic rings. The highest BCUT2D eigenvalue weighted by molar-refractivity contribution is 6.04. The van der Waals surface area contributed by atoms with Gasteiger partial charge in [0.2, 0.25) is 5.91 Å². The second kappa shape index (κ2) is 10.5. The Kier molecular flexibility index (Phi) is 7.49. The average Bonchev–Trinajstić information content (AvgIpc) is 3.14. The maximum Gasteiger partial charge on any atom is 0.303 e. The number of fused-ring (bicyclic) bond motifs is 1. The summed E-state index contributed by atoms with van der Waals surface area (Å²) in [6, 6.07) is 15.5. The number of ether oxygens (including phenoxy) is 1. The van der Waals surface area contributed by atoms with Crippen LogP contribution in [0, 0.1) is 0 Å². The van der Waals surface area contributed by atoms with Crippen molar-refractivity contribution in [3.8, 4) is 5.75 Å². The van der Waals surface area contributed by atoms with Crippen LogP contribution in [0.1, 0.15) is 38.7 Å². The molecule has 0 spiro atoms. The molecule has 31 heavy (non-hydrogen) atoms. The zero-order chi connectivity index (χ0) is 22.2. The number of aliphatic carboxylic acids is 1. The molecule has 0 aliphatic heterocycles. The van der Waals surface area contributed by atoms with Gasteiger partial charge in [0, 0.05) is 36.1 Å². The predicted octanol–water partition coefficient (Wildman–Crippen LogP) is 5.34. The van der Waals surface area contributed by atoms with Gasteiger partial charge < -0.3 is 19.7 Å². The number of hydrogen-bond donors (Lipinski definition) is 2.